The fourth-order valence-electron chi connectivity index (χ4n) is 3.06. The Hall–Kier alpha value is -2.54. The average Bonchev–Trinajstić information content (AvgIpc) is 2.63. The molecule has 2 aromatic rings. The number of carbonyl (C=O) groups is 1. The van der Waals surface area contributed by atoms with Crippen molar-refractivity contribution in [1.82, 2.24) is 9.88 Å². The van der Waals surface area contributed by atoms with Crippen LogP contribution in [0, 0.1) is 6.92 Å². The van der Waals surface area contributed by atoms with Crippen molar-refractivity contribution in [2.24, 2.45) is 0 Å². The molecule has 0 unspecified atom stereocenters. The lowest BCUT2D eigenvalue weighted by molar-refractivity contribution is 0.00759. The standard InChI is InChI=1S/C21H28N2O5/c1-14-6-7-16-17(22-14)8-9-18-19(16)27-15(13-26-18)12-23(10-5-11-24)20(25)28-21(2,3)4/h6-9,15,24H,5,10-13H2,1-4H3/t15-/m0/s1. The number of fused-ring (bicyclic) bond motifs is 3. The van der Waals surface area contributed by atoms with Gasteiger partial charge < -0.3 is 24.2 Å². The number of carbonyl (C=O) groups excluding carboxylic acids is 1. The highest BCUT2D eigenvalue weighted by Crippen LogP contribution is 2.38. The van der Waals surface area contributed by atoms with Crippen molar-refractivity contribution in [3.63, 3.8) is 0 Å². The molecule has 1 N–H and O–H groups in total. The molecule has 1 aliphatic heterocycles. The Bertz CT molecular complexity index is 847. The molecule has 28 heavy (non-hydrogen) atoms. The van der Waals surface area contributed by atoms with Gasteiger partial charge in [-0.25, -0.2) is 4.79 Å². The van der Waals surface area contributed by atoms with Gasteiger partial charge in [-0.1, -0.05) is 0 Å². The molecule has 0 fully saturated rings. The van der Waals surface area contributed by atoms with Gasteiger partial charge in [-0.15, -0.1) is 0 Å². The van der Waals surface area contributed by atoms with Crippen molar-refractivity contribution in [2.75, 3.05) is 26.3 Å². The summed E-state index contributed by atoms with van der Waals surface area (Å²) >= 11 is 0. The Morgan fingerprint density at radius 3 is 2.82 bits per heavy atom. The minimum atomic E-state index is -0.592. The molecular weight excluding hydrogens is 360 g/mol. The number of hydrogen-bond acceptors (Lipinski definition) is 6. The van der Waals surface area contributed by atoms with E-state index in [1.165, 1.54) is 0 Å². The first-order valence-corrected chi connectivity index (χ1v) is 9.55. The summed E-state index contributed by atoms with van der Waals surface area (Å²) < 4.78 is 17.6. The Kier molecular flexibility index (Phi) is 5.93. The van der Waals surface area contributed by atoms with Crippen molar-refractivity contribution in [3.05, 3.63) is 30.0 Å². The molecule has 0 saturated heterocycles. The van der Waals surface area contributed by atoms with Crippen LogP contribution in [0.2, 0.25) is 0 Å². The fourth-order valence-corrected chi connectivity index (χ4v) is 3.06. The molecule has 0 bridgehead atoms. The summed E-state index contributed by atoms with van der Waals surface area (Å²) in [4.78, 5) is 18.6. The summed E-state index contributed by atoms with van der Waals surface area (Å²) in [6, 6.07) is 7.68. The average molecular weight is 388 g/mol. The highest BCUT2D eigenvalue weighted by Gasteiger charge is 2.29. The van der Waals surface area contributed by atoms with Crippen LogP contribution in [-0.2, 0) is 4.74 Å². The maximum Gasteiger partial charge on any atom is 0.410 e. The van der Waals surface area contributed by atoms with Crippen LogP contribution in [0.15, 0.2) is 24.3 Å². The lowest BCUT2D eigenvalue weighted by Gasteiger charge is -2.33. The van der Waals surface area contributed by atoms with Crippen molar-refractivity contribution < 1.29 is 24.1 Å². The lowest BCUT2D eigenvalue weighted by Crippen LogP contribution is -2.46. The molecule has 1 aromatic carbocycles. The number of aromatic nitrogens is 1. The monoisotopic (exact) mass is 388 g/mol. The zero-order valence-corrected chi connectivity index (χ0v) is 16.9. The van der Waals surface area contributed by atoms with Crippen LogP contribution in [0.25, 0.3) is 10.9 Å². The van der Waals surface area contributed by atoms with Gasteiger partial charge in [-0.3, -0.25) is 4.98 Å². The second kappa shape index (κ2) is 8.22. The van der Waals surface area contributed by atoms with Gasteiger partial charge in [0, 0.05) is 24.2 Å². The molecule has 1 amide bonds. The molecular formula is C21H28N2O5. The highest BCUT2D eigenvalue weighted by atomic mass is 16.6. The Morgan fingerprint density at radius 2 is 2.11 bits per heavy atom. The molecule has 7 nitrogen and oxygen atoms in total. The van der Waals surface area contributed by atoms with Crippen LogP contribution >= 0.6 is 0 Å². The van der Waals surface area contributed by atoms with E-state index < -0.39 is 11.7 Å². The maximum absolute atomic E-state index is 12.5. The topological polar surface area (TPSA) is 81.1 Å². The SMILES string of the molecule is Cc1ccc2c3c(ccc2n1)OC[C@H](CN(CCCO)C(=O)OC(C)(C)C)O3. The smallest absolute Gasteiger partial charge is 0.410 e. The number of hydrogen-bond donors (Lipinski definition) is 1. The van der Waals surface area contributed by atoms with Gasteiger partial charge in [0.15, 0.2) is 17.6 Å². The third-order valence-corrected chi connectivity index (χ3v) is 4.30. The molecule has 2 heterocycles. The van der Waals surface area contributed by atoms with Gasteiger partial charge in [0.25, 0.3) is 0 Å². The predicted octanol–water partition coefficient (Wildman–Crippen LogP) is 3.30. The number of aliphatic hydroxyl groups excluding tert-OH is 1. The van der Waals surface area contributed by atoms with Gasteiger partial charge in [-0.05, 0) is 58.4 Å². The summed E-state index contributed by atoms with van der Waals surface area (Å²) in [5, 5.41) is 10.0. The van der Waals surface area contributed by atoms with Crippen LogP contribution < -0.4 is 9.47 Å². The molecule has 0 saturated carbocycles. The summed E-state index contributed by atoms with van der Waals surface area (Å²) in [6.07, 6.45) is -0.300. The first kappa shape index (κ1) is 20.2. The molecule has 1 atom stereocenters. The third-order valence-electron chi connectivity index (χ3n) is 4.30. The summed E-state index contributed by atoms with van der Waals surface area (Å²) in [5.74, 6) is 1.32. The quantitative estimate of drug-likeness (QED) is 0.846. The fraction of sp³-hybridized carbons (Fsp3) is 0.524. The number of benzene rings is 1. The van der Waals surface area contributed by atoms with E-state index in [2.05, 4.69) is 4.98 Å². The first-order chi connectivity index (χ1) is 13.3. The Balaban J connectivity index is 1.78. The maximum atomic E-state index is 12.5. The normalized spacial score (nSPS) is 16.1. The van der Waals surface area contributed by atoms with E-state index in [9.17, 15) is 4.79 Å². The molecule has 0 spiro atoms. The number of rotatable bonds is 5. The van der Waals surface area contributed by atoms with Crippen molar-refractivity contribution in [2.45, 2.75) is 45.8 Å². The summed E-state index contributed by atoms with van der Waals surface area (Å²) in [5.41, 5.74) is 1.18. The van der Waals surface area contributed by atoms with E-state index in [-0.39, 0.29) is 12.7 Å². The molecule has 1 aromatic heterocycles. The van der Waals surface area contributed by atoms with E-state index >= 15 is 0 Å². The second-order valence-electron chi connectivity index (χ2n) is 7.97. The molecule has 0 aliphatic carbocycles. The lowest BCUT2D eigenvalue weighted by atomic mass is 10.1. The molecule has 0 radical (unpaired) electrons. The third kappa shape index (κ3) is 4.84. The molecule has 3 rings (SSSR count). The Morgan fingerprint density at radius 1 is 1.32 bits per heavy atom. The Labute approximate surface area is 165 Å². The minimum Gasteiger partial charge on any atom is -0.486 e. The van der Waals surface area contributed by atoms with Crippen molar-refractivity contribution >= 4 is 17.0 Å². The van der Waals surface area contributed by atoms with E-state index in [1.54, 1.807) is 4.90 Å². The summed E-state index contributed by atoms with van der Waals surface area (Å²) in [7, 11) is 0. The van der Waals surface area contributed by atoms with Gasteiger partial charge in [0.2, 0.25) is 0 Å². The van der Waals surface area contributed by atoms with Crippen molar-refractivity contribution in [3.8, 4) is 11.5 Å². The van der Waals surface area contributed by atoms with E-state index in [1.807, 2.05) is 52.0 Å². The van der Waals surface area contributed by atoms with Crippen LogP contribution in [0.3, 0.4) is 0 Å². The highest BCUT2D eigenvalue weighted by molar-refractivity contribution is 5.88. The number of aryl methyl sites for hydroxylation is 1. The van der Waals surface area contributed by atoms with Gasteiger partial charge >= 0.3 is 6.09 Å². The van der Waals surface area contributed by atoms with E-state index in [0.29, 0.717) is 37.6 Å². The molecule has 7 heteroatoms. The van der Waals surface area contributed by atoms with Crippen LogP contribution in [0.1, 0.15) is 32.9 Å². The summed E-state index contributed by atoms with van der Waals surface area (Å²) in [6.45, 7) is 8.44. The van der Waals surface area contributed by atoms with Crippen LogP contribution in [0.5, 0.6) is 11.5 Å². The number of amides is 1. The van der Waals surface area contributed by atoms with Gasteiger partial charge in [0.05, 0.1) is 12.1 Å². The number of nitrogens with zero attached hydrogens (tertiary/aromatic N) is 2. The molecule has 1 aliphatic rings. The number of aliphatic hydroxyl groups is 1. The first-order valence-electron chi connectivity index (χ1n) is 9.55. The van der Waals surface area contributed by atoms with E-state index in [4.69, 9.17) is 19.3 Å². The van der Waals surface area contributed by atoms with E-state index in [0.717, 1.165) is 16.6 Å². The number of ether oxygens (including phenoxy) is 3. The molecule has 152 valence electrons. The second-order valence-corrected chi connectivity index (χ2v) is 7.97. The van der Waals surface area contributed by atoms with Crippen LogP contribution in [-0.4, -0.2) is 59.1 Å². The van der Waals surface area contributed by atoms with Gasteiger partial charge in [0.1, 0.15) is 12.2 Å². The minimum absolute atomic E-state index is 0.000185. The van der Waals surface area contributed by atoms with Crippen LogP contribution in [0.4, 0.5) is 4.79 Å². The number of pyridine rings is 1. The van der Waals surface area contributed by atoms with Crippen molar-refractivity contribution in [1.29, 1.82) is 0 Å². The largest absolute Gasteiger partial charge is 0.486 e. The zero-order chi connectivity index (χ0) is 20.3. The zero-order valence-electron chi connectivity index (χ0n) is 16.9. The van der Waals surface area contributed by atoms with Gasteiger partial charge in [-0.2, -0.15) is 0 Å². The predicted molar refractivity (Wildman–Crippen MR) is 106 cm³/mol.